The van der Waals surface area contributed by atoms with Crippen LogP contribution in [0.2, 0.25) is 0 Å². The van der Waals surface area contributed by atoms with Crippen LogP contribution in [0.1, 0.15) is 88.7 Å². The van der Waals surface area contributed by atoms with Crippen LogP contribution in [0.25, 0.3) is 5.57 Å². The Hall–Kier alpha value is -2.10. The second kappa shape index (κ2) is 11.3. The first kappa shape index (κ1) is 22.6. The van der Waals surface area contributed by atoms with Gasteiger partial charge in [-0.1, -0.05) is 81.7 Å². The van der Waals surface area contributed by atoms with Crippen molar-refractivity contribution in [2.75, 3.05) is 19.6 Å². The Balaban J connectivity index is 1.66. The van der Waals surface area contributed by atoms with Crippen LogP contribution >= 0.6 is 0 Å². The third-order valence-corrected chi connectivity index (χ3v) is 6.39. The Morgan fingerprint density at radius 1 is 0.767 bits per heavy atom. The maximum absolute atomic E-state index is 13.3. The van der Waals surface area contributed by atoms with Crippen LogP contribution in [-0.4, -0.2) is 41.2 Å². The number of imide groups is 1. The topological polar surface area (TPSA) is 40.6 Å². The maximum atomic E-state index is 13.3. The summed E-state index contributed by atoms with van der Waals surface area (Å²) in [5.41, 5.74) is 3.29. The zero-order valence-electron chi connectivity index (χ0n) is 18.9. The van der Waals surface area contributed by atoms with E-state index in [1.54, 1.807) is 0 Å². The minimum absolute atomic E-state index is 0.0829. The van der Waals surface area contributed by atoms with E-state index in [1.807, 2.05) is 31.2 Å². The Labute approximate surface area is 182 Å². The summed E-state index contributed by atoms with van der Waals surface area (Å²) in [7, 11) is 0. The molecule has 3 rings (SSSR count). The van der Waals surface area contributed by atoms with Gasteiger partial charge in [0.1, 0.15) is 5.70 Å². The molecule has 0 aliphatic carbocycles. The molecule has 0 unspecified atom stereocenters. The van der Waals surface area contributed by atoms with Crippen molar-refractivity contribution >= 4 is 17.4 Å². The van der Waals surface area contributed by atoms with Gasteiger partial charge in [-0.15, -0.1) is 0 Å². The van der Waals surface area contributed by atoms with E-state index < -0.39 is 0 Å². The highest BCUT2D eigenvalue weighted by Crippen LogP contribution is 2.33. The van der Waals surface area contributed by atoms with Crippen LogP contribution in [0.15, 0.2) is 30.0 Å². The summed E-state index contributed by atoms with van der Waals surface area (Å²) >= 11 is 0. The molecule has 164 valence electrons. The van der Waals surface area contributed by atoms with Gasteiger partial charge in [-0.05, 0) is 38.2 Å². The molecule has 0 N–H and O–H groups in total. The summed E-state index contributed by atoms with van der Waals surface area (Å²) in [6.07, 6.45) is 13.0. The first-order chi connectivity index (χ1) is 14.6. The minimum atomic E-state index is -0.104. The average molecular weight is 411 g/mol. The summed E-state index contributed by atoms with van der Waals surface area (Å²) in [4.78, 5) is 30.3. The van der Waals surface area contributed by atoms with Gasteiger partial charge in [-0.25, -0.2) is 0 Å². The quantitative estimate of drug-likeness (QED) is 0.347. The van der Waals surface area contributed by atoms with Crippen molar-refractivity contribution in [2.45, 2.75) is 84.5 Å². The molecule has 2 amide bonds. The summed E-state index contributed by atoms with van der Waals surface area (Å²) in [5.74, 6) is -0.187. The van der Waals surface area contributed by atoms with E-state index >= 15 is 0 Å². The van der Waals surface area contributed by atoms with Crippen LogP contribution in [-0.2, 0) is 9.59 Å². The molecule has 4 nitrogen and oxygen atoms in total. The number of nitrogens with zero attached hydrogens (tertiary/aromatic N) is 2. The molecular formula is C26H38N2O2. The van der Waals surface area contributed by atoms with E-state index in [0.717, 1.165) is 49.9 Å². The number of hydrogen-bond donors (Lipinski definition) is 0. The lowest BCUT2D eigenvalue weighted by atomic mass is 10.0. The molecule has 1 fully saturated rings. The molecule has 0 radical (unpaired) electrons. The molecule has 0 aromatic heterocycles. The van der Waals surface area contributed by atoms with Crippen molar-refractivity contribution in [3.8, 4) is 0 Å². The van der Waals surface area contributed by atoms with Crippen molar-refractivity contribution in [1.82, 2.24) is 9.80 Å². The molecule has 2 heterocycles. The predicted molar refractivity (Wildman–Crippen MR) is 123 cm³/mol. The second-order valence-electron chi connectivity index (χ2n) is 8.87. The Morgan fingerprint density at radius 3 is 2.00 bits per heavy atom. The smallest absolute Gasteiger partial charge is 0.277 e. The monoisotopic (exact) mass is 410 g/mol. The number of carbonyl (C=O) groups is 2. The summed E-state index contributed by atoms with van der Waals surface area (Å²) < 4.78 is 0. The van der Waals surface area contributed by atoms with Gasteiger partial charge in [0.05, 0.1) is 5.57 Å². The molecule has 4 heteroatoms. The van der Waals surface area contributed by atoms with E-state index in [0.29, 0.717) is 17.8 Å². The van der Waals surface area contributed by atoms with Gasteiger partial charge in [0.2, 0.25) is 0 Å². The van der Waals surface area contributed by atoms with Gasteiger partial charge in [0, 0.05) is 19.6 Å². The number of unbranched alkanes of at least 4 members (excludes halogenated alkanes) is 7. The number of hydrogen-bond acceptors (Lipinski definition) is 3. The number of amides is 2. The largest absolute Gasteiger partial charge is 0.366 e. The first-order valence-corrected chi connectivity index (χ1v) is 12.1. The van der Waals surface area contributed by atoms with Crippen molar-refractivity contribution in [1.29, 1.82) is 0 Å². The highest BCUT2D eigenvalue weighted by atomic mass is 16.2. The highest BCUT2D eigenvalue weighted by molar-refractivity contribution is 6.35. The third kappa shape index (κ3) is 5.53. The molecule has 30 heavy (non-hydrogen) atoms. The third-order valence-electron chi connectivity index (χ3n) is 6.39. The van der Waals surface area contributed by atoms with Gasteiger partial charge in [0.25, 0.3) is 11.8 Å². The van der Waals surface area contributed by atoms with Crippen LogP contribution in [0.5, 0.6) is 0 Å². The van der Waals surface area contributed by atoms with Crippen molar-refractivity contribution < 1.29 is 9.59 Å². The summed E-state index contributed by atoms with van der Waals surface area (Å²) in [6.45, 7) is 6.56. The van der Waals surface area contributed by atoms with Crippen LogP contribution in [0, 0.1) is 6.92 Å². The van der Waals surface area contributed by atoms with Crippen LogP contribution in [0.4, 0.5) is 0 Å². The molecule has 0 atom stereocenters. The molecule has 0 saturated carbocycles. The first-order valence-electron chi connectivity index (χ1n) is 12.1. The molecular weight excluding hydrogens is 372 g/mol. The lowest BCUT2D eigenvalue weighted by Gasteiger charge is -2.29. The maximum Gasteiger partial charge on any atom is 0.277 e. The number of carbonyl (C=O) groups excluding carboxylic acids is 2. The zero-order valence-corrected chi connectivity index (χ0v) is 18.9. The summed E-state index contributed by atoms with van der Waals surface area (Å²) in [5, 5.41) is 0. The van der Waals surface area contributed by atoms with E-state index in [1.165, 1.54) is 49.8 Å². The standard InChI is InChI=1S/C26H38N2O2/c1-3-4-5-6-7-8-9-13-20-28-25(29)23(22-16-14-21(2)15-17-22)24(26(28)30)27-18-11-10-12-19-27/h14-17H,3-13,18-20H2,1-2H3. The normalized spacial score (nSPS) is 17.4. The molecule has 2 aliphatic heterocycles. The number of rotatable bonds is 11. The second-order valence-corrected chi connectivity index (χ2v) is 8.87. The predicted octanol–water partition coefficient (Wildman–Crippen LogP) is 5.70. The van der Waals surface area contributed by atoms with E-state index in [9.17, 15) is 9.59 Å². The molecule has 1 aromatic rings. The van der Waals surface area contributed by atoms with Crippen molar-refractivity contribution in [3.63, 3.8) is 0 Å². The number of benzene rings is 1. The highest BCUT2D eigenvalue weighted by Gasteiger charge is 2.41. The Bertz CT molecular complexity index is 745. The van der Waals surface area contributed by atoms with Gasteiger partial charge in [-0.2, -0.15) is 0 Å². The van der Waals surface area contributed by atoms with Gasteiger partial charge < -0.3 is 4.90 Å². The molecule has 1 aromatic carbocycles. The van der Waals surface area contributed by atoms with Gasteiger partial charge in [-0.3, -0.25) is 14.5 Å². The molecule has 1 saturated heterocycles. The zero-order chi connectivity index (χ0) is 21.3. The van der Waals surface area contributed by atoms with E-state index in [2.05, 4.69) is 11.8 Å². The Morgan fingerprint density at radius 2 is 1.37 bits per heavy atom. The van der Waals surface area contributed by atoms with Crippen LogP contribution < -0.4 is 0 Å². The Kier molecular flexibility index (Phi) is 8.53. The fourth-order valence-electron chi connectivity index (χ4n) is 4.56. The number of aryl methyl sites for hydroxylation is 1. The van der Waals surface area contributed by atoms with Gasteiger partial charge in [0.15, 0.2) is 0 Å². The van der Waals surface area contributed by atoms with Gasteiger partial charge >= 0.3 is 0 Å². The lowest BCUT2D eigenvalue weighted by Crippen LogP contribution is -2.37. The van der Waals surface area contributed by atoms with E-state index in [-0.39, 0.29) is 11.8 Å². The molecule has 0 spiro atoms. The van der Waals surface area contributed by atoms with Crippen molar-refractivity contribution in [2.24, 2.45) is 0 Å². The van der Waals surface area contributed by atoms with Crippen LogP contribution in [0.3, 0.4) is 0 Å². The molecule has 0 bridgehead atoms. The fraction of sp³-hybridized carbons (Fsp3) is 0.615. The number of piperidine rings is 1. The molecule has 2 aliphatic rings. The van der Waals surface area contributed by atoms with Crippen molar-refractivity contribution in [3.05, 3.63) is 41.1 Å². The van der Waals surface area contributed by atoms with E-state index in [4.69, 9.17) is 0 Å². The average Bonchev–Trinajstić information content (AvgIpc) is 3.01. The fourth-order valence-corrected chi connectivity index (χ4v) is 4.56. The SMILES string of the molecule is CCCCCCCCCCN1C(=O)C(c2ccc(C)cc2)=C(N2CCCCC2)C1=O. The lowest BCUT2D eigenvalue weighted by molar-refractivity contribution is -0.137. The summed E-state index contributed by atoms with van der Waals surface area (Å²) in [6, 6.07) is 8.02. The number of likely N-dealkylation sites (tertiary alicyclic amines) is 1. The minimum Gasteiger partial charge on any atom is -0.366 e.